The highest BCUT2D eigenvalue weighted by Crippen LogP contribution is 2.36. The van der Waals surface area contributed by atoms with E-state index in [1.54, 1.807) is 0 Å². The summed E-state index contributed by atoms with van der Waals surface area (Å²) < 4.78 is 42.9. The number of halogens is 3. The lowest BCUT2D eigenvalue weighted by Crippen LogP contribution is -2.18. The summed E-state index contributed by atoms with van der Waals surface area (Å²) in [6.07, 6.45) is -4.03. The number of rotatable bonds is 4. The molecule has 0 unspecified atom stereocenters. The van der Waals surface area contributed by atoms with Gasteiger partial charge in [-0.1, -0.05) is 13.3 Å². The van der Waals surface area contributed by atoms with Crippen molar-refractivity contribution in [1.82, 2.24) is 0 Å². The third kappa shape index (κ3) is 4.69. The minimum atomic E-state index is -4.60. The van der Waals surface area contributed by atoms with E-state index in [1.165, 1.54) is 6.07 Å². The fourth-order valence-electron chi connectivity index (χ4n) is 1.36. The van der Waals surface area contributed by atoms with E-state index >= 15 is 0 Å². The van der Waals surface area contributed by atoms with Gasteiger partial charge in [-0.05, 0) is 24.6 Å². The molecule has 19 heavy (non-hydrogen) atoms. The van der Waals surface area contributed by atoms with Crippen molar-refractivity contribution in [2.24, 2.45) is 0 Å². The number of nitrogen functional groups attached to an aromatic ring is 1. The van der Waals surface area contributed by atoms with Gasteiger partial charge in [-0.25, -0.2) is 4.79 Å². The van der Waals surface area contributed by atoms with Gasteiger partial charge >= 0.3 is 12.3 Å². The molecule has 0 saturated heterocycles. The molecule has 1 aromatic rings. The number of alkyl halides is 3. The van der Waals surface area contributed by atoms with E-state index in [0.717, 1.165) is 18.6 Å². The van der Waals surface area contributed by atoms with Gasteiger partial charge in [0.1, 0.15) is 0 Å². The van der Waals surface area contributed by atoms with Crippen LogP contribution in [-0.4, -0.2) is 12.7 Å². The zero-order chi connectivity index (χ0) is 14.5. The van der Waals surface area contributed by atoms with E-state index in [4.69, 9.17) is 10.5 Å². The Kier molecular flexibility index (Phi) is 5.02. The molecule has 0 heterocycles. The molecule has 1 amide bonds. The van der Waals surface area contributed by atoms with E-state index in [0.29, 0.717) is 6.42 Å². The van der Waals surface area contributed by atoms with Crippen molar-refractivity contribution in [3.8, 4) is 0 Å². The normalized spacial score (nSPS) is 11.2. The van der Waals surface area contributed by atoms with Crippen molar-refractivity contribution >= 4 is 17.5 Å². The first kappa shape index (κ1) is 15.1. The highest BCUT2D eigenvalue weighted by molar-refractivity contribution is 5.86. The number of hydrogen-bond acceptors (Lipinski definition) is 3. The third-order valence-electron chi connectivity index (χ3n) is 2.32. The summed E-state index contributed by atoms with van der Waals surface area (Å²) in [5.41, 5.74) is 3.91. The van der Waals surface area contributed by atoms with Crippen LogP contribution in [0.15, 0.2) is 18.2 Å². The monoisotopic (exact) mass is 276 g/mol. The van der Waals surface area contributed by atoms with Gasteiger partial charge in [-0.2, -0.15) is 13.2 Å². The lowest BCUT2D eigenvalue weighted by atomic mass is 10.1. The van der Waals surface area contributed by atoms with Crippen molar-refractivity contribution in [1.29, 1.82) is 0 Å². The maximum atomic E-state index is 12.7. The number of nitrogens with two attached hydrogens (primary N) is 1. The molecule has 0 aliphatic carbocycles. The number of unbranched alkanes of at least 4 members (excludes halogenated alkanes) is 1. The lowest BCUT2D eigenvalue weighted by molar-refractivity contribution is -0.136. The molecule has 0 aliphatic rings. The minimum Gasteiger partial charge on any atom is -0.449 e. The van der Waals surface area contributed by atoms with Crippen molar-refractivity contribution in [2.75, 3.05) is 17.7 Å². The van der Waals surface area contributed by atoms with Crippen molar-refractivity contribution in [3.63, 3.8) is 0 Å². The van der Waals surface area contributed by atoms with Gasteiger partial charge in [-0.15, -0.1) is 0 Å². The van der Waals surface area contributed by atoms with Crippen LogP contribution in [0.3, 0.4) is 0 Å². The second kappa shape index (κ2) is 6.31. The Balaban J connectivity index is 2.80. The molecule has 106 valence electrons. The zero-order valence-electron chi connectivity index (χ0n) is 10.4. The topological polar surface area (TPSA) is 64.3 Å². The Morgan fingerprint density at radius 3 is 2.68 bits per heavy atom. The maximum absolute atomic E-state index is 12.7. The minimum absolute atomic E-state index is 0.0303. The van der Waals surface area contributed by atoms with Crippen LogP contribution in [0.4, 0.5) is 29.3 Å². The standard InChI is InChI=1S/C12H15F3N2O2/c1-2-3-6-19-11(18)17-10-5-4-8(16)7-9(10)12(13,14)15/h4-5,7H,2-3,6,16H2,1H3,(H,17,18). The molecular formula is C12H15F3N2O2. The number of nitrogens with one attached hydrogen (secondary N) is 1. The largest absolute Gasteiger partial charge is 0.449 e. The summed E-state index contributed by atoms with van der Waals surface area (Å²) in [4.78, 5) is 11.3. The first-order chi connectivity index (χ1) is 8.84. The number of ether oxygens (including phenoxy) is 1. The molecular weight excluding hydrogens is 261 g/mol. The van der Waals surface area contributed by atoms with Crippen molar-refractivity contribution in [2.45, 2.75) is 25.9 Å². The van der Waals surface area contributed by atoms with Crippen LogP contribution in [0.2, 0.25) is 0 Å². The number of carbonyl (C=O) groups excluding carboxylic acids is 1. The SMILES string of the molecule is CCCCOC(=O)Nc1ccc(N)cc1C(F)(F)F. The summed E-state index contributed by atoms with van der Waals surface area (Å²) in [6, 6.07) is 3.14. The summed E-state index contributed by atoms with van der Waals surface area (Å²) in [5.74, 6) is 0. The highest BCUT2D eigenvalue weighted by Gasteiger charge is 2.34. The molecule has 4 nitrogen and oxygen atoms in total. The molecule has 0 aliphatic heterocycles. The summed E-state index contributed by atoms with van der Waals surface area (Å²) in [7, 11) is 0. The van der Waals surface area contributed by atoms with E-state index in [9.17, 15) is 18.0 Å². The van der Waals surface area contributed by atoms with Gasteiger partial charge in [0.2, 0.25) is 0 Å². The van der Waals surface area contributed by atoms with E-state index in [1.807, 2.05) is 6.92 Å². The van der Waals surface area contributed by atoms with Gasteiger partial charge in [0.25, 0.3) is 0 Å². The van der Waals surface area contributed by atoms with Crippen LogP contribution in [0, 0.1) is 0 Å². The third-order valence-corrected chi connectivity index (χ3v) is 2.32. The average molecular weight is 276 g/mol. The smallest absolute Gasteiger partial charge is 0.418 e. The predicted molar refractivity (Wildman–Crippen MR) is 65.7 cm³/mol. The fourth-order valence-corrected chi connectivity index (χ4v) is 1.36. The quantitative estimate of drug-likeness (QED) is 0.652. The van der Waals surface area contributed by atoms with Crippen LogP contribution in [0.1, 0.15) is 25.3 Å². The summed E-state index contributed by atoms with van der Waals surface area (Å²) in [5, 5.41) is 2.07. The summed E-state index contributed by atoms with van der Waals surface area (Å²) >= 11 is 0. The number of benzene rings is 1. The van der Waals surface area contributed by atoms with Gasteiger partial charge < -0.3 is 10.5 Å². The average Bonchev–Trinajstić information content (AvgIpc) is 2.30. The predicted octanol–water partition coefficient (Wildman–Crippen LogP) is 3.64. The van der Waals surface area contributed by atoms with E-state index in [-0.39, 0.29) is 18.0 Å². The molecule has 0 bridgehead atoms. The number of anilines is 2. The second-order valence-electron chi connectivity index (χ2n) is 3.92. The number of amides is 1. The maximum Gasteiger partial charge on any atom is 0.418 e. The van der Waals surface area contributed by atoms with Gasteiger partial charge in [0.15, 0.2) is 0 Å². The molecule has 0 saturated carbocycles. The van der Waals surface area contributed by atoms with Crippen LogP contribution in [-0.2, 0) is 10.9 Å². The van der Waals surface area contributed by atoms with Crippen LogP contribution < -0.4 is 11.1 Å². The molecule has 0 radical (unpaired) electrons. The molecule has 1 aromatic carbocycles. The molecule has 7 heteroatoms. The van der Waals surface area contributed by atoms with Crippen LogP contribution in [0.25, 0.3) is 0 Å². The fraction of sp³-hybridized carbons (Fsp3) is 0.417. The van der Waals surface area contributed by atoms with Gasteiger partial charge in [-0.3, -0.25) is 5.32 Å². The molecule has 0 aromatic heterocycles. The van der Waals surface area contributed by atoms with Gasteiger partial charge in [0, 0.05) is 5.69 Å². The van der Waals surface area contributed by atoms with Crippen LogP contribution in [0.5, 0.6) is 0 Å². The Morgan fingerprint density at radius 2 is 2.11 bits per heavy atom. The summed E-state index contributed by atoms with van der Waals surface area (Å²) in [6.45, 7) is 2.07. The highest BCUT2D eigenvalue weighted by atomic mass is 19.4. The first-order valence-corrected chi connectivity index (χ1v) is 5.75. The molecule has 1 rings (SSSR count). The molecule has 0 fully saturated rings. The van der Waals surface area contributed by atoms with Gasteiger partial charge in [0.05, 0.1) is 17.9 Å². The number of carbonyl (C=O) groups is 1. The second-order valence-corrected chi connectivity index (χ2v) is 3.92. The van der Waals surface area contributed by atoms with Crippen molar-refractivity contribution < 1.29 is 22.7 Å². The van der Waals surface area contributed by atoms with Crippen molar-refractivity contribution in [3.05, 3.63) is 23.8 Å². The van der Waals surface area contributed by atoms with Crippen LogP contribution >= 0.6 is 0 Å². The zero-order valence-corrected chi connectivity index (χ0v) is 10.4. The Bertz CT molecular complexity index is 447. The Labute approximate surface area is 108 Å². The lowest BCUT2D eigenvalue weighted by Gasteiger charge is -2.14. The molecule has 0 atom stereocenters. The number of hydrogen-bond donors (Lipinski definition) is 2. The first-order valence-electron chi connectivity index (χ1n) is 5.75. The Hall–Kier alpha value is -1.92. The van der Waals surface area contributed by atoms with E-state index < -0.39 is 17.8 Å². The Morgan fingerprint density at radius 1 is 1.42 bits per heavy atom. The molecule has 3 N–H and O–H groups in total. The molecule has 0 spiro atoms. The van der Waals surface area contributed by atoms with E-state index in [2.05, 4.69) is 5.32 Å².